The molecule has 1 aliphatic rings. The number of likely N-dealkylation sites (tertiary alicyclic amines) is 1. The zero-order valence-electron chi connectivity index (χ0n) is 25.7. The van der Waals surface area contributed by atoms with E-state index in [1.54, 1.807) is 4.90 Å². The summed E-state index contributed by atoms with van der Waals surface area (Å²) < 4.78 is 12.7. The van der Waals surface area contributed by atoms with Gasteiger partial charge in [-0.25, -0.2) is 9.78 Å². The van der Waals surface area contributed by atoms with Crippen LogP contribution in [0.2, 0.25) is 0 Å². The molecule has 5 rings (SSSR count). The van der Waals surface area contributed by atoms with Crippen LogP contribution in [0.4, 0.5) is 10.5 Å². The minimum atomic E-state index is -0.535. The quantitative estimate of drug-likeness (QED) is 0.253. The van der Waals surface area contributed by atoms with Gasteiger partial charge in [-0.1, -0.05) is 31.2 Å². The molecule has 43 heavy (non-hydrogen) atoms. The number of carbonyl (C=O) groups excluding carboxylic acids is 2. The van der Waals surface area contributed by atoms with Gasteiger partial charge < -0.3 is 19.7 Å². The lowest BCUT2D eigenvalue weighted by Crippen LogP contribution is -2.41. The van der Waals surface area contributed by atoms with Crippen molar-refractivity contribution >= 4 is 39.6 Å². The van der Waals surface area contributed by atoms with Crippen molar-refractivity contribution in [2.75, 3.05) is 32.1 Å². The van der Waals surface area contributed by atoms with Gasteiger partial charge in [0.05, 0.1) is 41.6 Å². The monoisotopic (exact) mass is 581 g/mol. The Bertz CT molecular complexity index is 1720. The standard InChI is InChI=1S/C34H39N5O4/c1-21(32(40)42-6)20-36-28-17-25(23-13-15-38(16-14-23)33(41)43-34(3,4)5)18-30-31(28)37-22(2)39(30)29-12-11-24(19-35)26-9-7-8-10-27(26)29/h7-12,17-18,21,23,36H,13-16,20H2,1-6H3. The Morgan fingerprint density at radius 2 is 1.81 bits per heavy atom. The van der Waals surface area contributed by atoms with Crippen LogP contribution in [0.25, 0.3) is 27.5 Å². The molecule has 1 unspecified atom stereocenters. The number of nitrogens with zero attached hydrogens (tertiary/aromatic N) is 4. The summed E-state index contributed by atoms with van der Waals surface area (Å²) in [6.07, 6.45) is 1.33. The van der Waals surface area contributed by atoms with Crippen LogP contribution < -0.4 is 5.32 Å². The lowest BCUT2D eigenvalue weighted by atomic mass is 9.89. The molecule has 0 saturated carbocycles. The highest BCUT2D eigenvalue weighted by Crippen LogP contribution is 2.37. The molecule has 0 bridgehead atoms. The SMILES string of the molecule is COC(=O)C(C)CNc1cc(C2CCN(C(=O)OC(C)(C)C)CC2)cc2c1nc(C)n2-c1ccc(C#N)c2ccccc12. The number of benzene rings is 3. The first-order valence-electron chi connectivity index (χ1n) is 14.8. The highest BCUT2D eigenvalue weighted by molar-refractivity contribution is 5.98. The third-order valence-electron chi connectivity index (χ3n) is 8.03. The summed E-state index contributed by atoms with van der Waals surface area (Å²) in [6.45, 7) is 11.1. The van der Waals surface area contributed by atoms with Crippen LogP contribution in [0.15, 0.2) is 48.5 Å². The maximum Gasteiger partial charge on any atom is 0.410 e. The number of imidazole rings is 1. The fraction of sp³-hybridized carbons (Fsp3) is 0.412. The number of rotatable bonds is 6. The number of anilines is 1. The fourth-order valence-corrected chi connectivity index (χ4v) is 5.83. The molecule has 3 aromatic carbocycles. The first-order valence-corrected chi connectivity index (χ1v) is 14.8. The molecule has 224 valence electrons. The predicted molar refractivity (Wildman–Crippen MR) is 167 cm³/mol. The van der Waals surface area contributed by atoms with E-state index in [1.165, 1.54) is 7.11 Å². The van der Waals surface area contributed by atoms with Crippen LogP contribution in [0.5, 0.6) is 0 Å². The molecule has 0 aliphatic carbocycles. The summed E-state index contributed by atoms with van der Waals surface area (Å²) in [5.41, 5.74) is 4.76. The summed E-state index contributed by atoms with van der Waals surface area (Å²) in [5, 5.41) is 15.1. The molecule has 2 heterocycles. The number of hydrogen-bond donors (Lipinski definition) is 1. The van der Waals surface area contributed by atoms with Gasteiger partial charge in [-0.05, 0) is 76.3 Å². The molecule has 9 nitrogen and oxygen atoms in total. The average molecular weight is 582 g/mol. The molecular formula is C34H39N5O4. The molecule has 9 heteroatoms. The Hall–Kier alpha value is -4.58. The van der Waals surface area contributed by atoms with Gasteiger partial charge in [-0.3, -0.25) is 9.36 Å². The van der Waals surface area contributed by atoms with Gasteiger partial charge in [0, 0.05) is 30.4 Å². The summed E-state index contributed by atoms with van der Waals surface area (Å²) >= 11 is 0. The van der Waals surface area contributed by atoms with Crippen molar-refractivity contribution in [1.82, 2.24) is 14.5 Å². The van der Waals surface area contributed by atoms with Gasteiger partial charge in [0.1, 0.15) is 16.9 Å². The van der Waals surface area contributed by atoms with E-state index < -0.39 is 5.60 Å². The maximum absolute atomic E-state index is 12.7. The van der Waals surface area contributed by atoms with E-state index in [1.807, 2.05) is 71.0 Å². The van der Waals surface area contributed by atoms with Gasteiger partial charge in [-0.15, -0.1) is 0 Å². The lowest BCUT2D eigenvalue weighted by Gasteiger charge is -2.33. The van der Waals surface area contributed by atoms with Gasteiger partial charge in [-0.2, -0.15) is 5.26 Å². The van der Waals surface area contributed by atoms with Crippen LogP contribution >= 0.6 is 0 Å². The lowest BCUT2D eigenvalue weighted by molar-refractivity contribution is -0.144. The summed E-state index contributed by atoms with van der Waals surface area (Å²) in [7, 11) is 1.40. The number of methoxy groups -OCH3 is 1. The smallest absolute Gasteiger partial charge is 0.410 e. The minimum Gasteiger partial charge on any atom is -0.469 e. The number of nitriles is 1. The second-order valence-electron chi connectivity index (χ2n) is 12.3. The Morgan fingerprint density at radius 1 is 1.12 bits per heavy atom. The van der Waals surface area contributed by atoms with Crippen LogP contribution in [-0.2, 0) is 14.3 Å². The number of aromatic nitrogens is 2. The number of piperidine rings is 1. The van der Waals surface area contributed by atoms with E-state index >= 15 is 0 Å². The molecule has 1 atom stereocenters. The van der Waals surface area contributed by atoms with E-state index in [0.29, 0.717) is 25.2 Å². The topological polar surface area (TPSA) is 109 Å². The number of hydrogen-bond acceptors (Lipinski definition) is 7. The van der Waals surface area contributed by atoms with E-state index in [9.17, 15) is 14.9 Å². The third kappa shape index (κ3) is 6.14. The Balaban J connectivity index is 1.57. The molecule has 1 aliphatic heterocycles. The third-order valence-corrected chi connectivity index (χ3v) is 8.03. The Kier molecular flexibility index (Phi) is 8.32. The van der Waals surface area contributed by atoms with Gasteiger partial charge in [0.25, 0.3) is 0 Å². The predicted octanol–water partition coefficient (Wildman–Crippen LogP) is 6.69. The van der Waals surface area contributed by atoms with Crippen molar-refractivity contribution in [1.29, 1.82) is 5.26 Å². The van der Waals surface area contributed by atoms with Crippen molar-refractivity contribution in [2.45, 2.75) is 59.0 Å². The summed E-state index contributed by atoms with van der Waals surface area (Å²) in [5.74, 6) is 0.417. The number of esters is 1. The molecule has 1 N–H and O–H groups in total. The molecule has 4 aromatic rings. The molecule has 1 amide bonds. The second kappa shape index (κ2) is 12.0. The number of amides is 1. The molecule has 1 fully saturated rings. The normalized spacial score (nSPS) is 14.9. The van der Waals surface area contributed by atoms with Crippen LogP contribution in [0.3, 0.4) is 0 Å². The van der Waals surface area contributed by atoms with Crippen molar-refractivity contribution in [3.05, 3.63) is 65.5 Å². The van der Waals surface area contributed by atoms with Crippen molar-refractivity contribution in [2.24, 2.45) is 5.92 Å². The molecule has 1 saturated heterocycles. The zero-order valence-corrected chi connectivity index (χ0v) is 25.7. The fourth-order valence-electron chi connectivity index (χ4n) is 5.83. The number of ether oxygens (including phenoxy) is 2. The molecular weight excluding hydrogens is 542 g/mol. The van der Waals surface area contributed by atoms with Gasteiger partial charge in [0.2, 0.25) is 0 Å². The van der Waals surface area contributed by atoms with Crippen molar-refractivity contribution in [3.63, 3.8) is 0 Å². The Labute approximate surface area is 252 Å². The maximum atomic E-state index is 12.7. The van der Waals surface area contributed by atoms with Gasteiger partial charge in [0.15, 0.2) is 0 Å². The molecule has 1 aromatic heterocycles. The van der Waals surface area contributed by atoms with Crippen molar-refractivity contribution < 1.29 is 19.1 Å². The number of nitrogens with one attached hydrogen (secondary N) is 1. The van der Waals surface area contributed by atoms with Crippen LogP contribution in [-0.4, -0.2) is 58.9 Å². The highest BCUT2D eigenvalue weighted by atomic mass is 16.6. The first-order chi connectivity index (χ1) is 20.5. The first kappa shape index (κ1) is 29.9. The van der Waals surface area contributed by atoms with E-state index in [0.717, 1.165) is 57.4 Å². The van der Waals surface area contributed by atoms with Crippen LogP contribution in [0, 0.1) is 24.2 Å². The van der Waals surface area contributed by atoms with Crippen LogP contribution in [0.1, 0.15) is 63.4 Å². The van der Waals surface area contributed by atoms with Crippen molar-refractivity contribution in [3.8, 4) is 11.8 Å². The van der Waals surface area contributed by atoms with E-state index in [4.69, 9.17) is 14.5 Å². The number of aryl methyl sites for hydroxylation is 1. The zero-order chi connectivity index (χ0) is 30.9. The largest absolute Gasteiger partial charge is 0.469 e. The summed E-state index contributed by atoms with van der Waals surface area (Å²) in [4.78, 5) is 31.6. The molecule has 0 spiro atoms. The highest BCUT2D eigenvalue weighted by Gasteiger charge is 2.29. The van der Waals surface area contributed by atoms with E-state index in [-0.39, 0.29) is 23.9 Å². The average Bonchev–Trinajstić information content (AvgIpc) is 3.33. The molecule has 0 radical (unpaired) electrons. The summed E-state index contributed by atoms with van der Waals surface area (Å²) in [6, 6.07) is 18.4. The van der Waals surface area contributed by atoms with Gasteiger partial charge >= 0.3 is 12.1 Å². The minimum absolute atomic E-state index is 0.225. The van der Waals surface area contributed by atoms with E-state index in [2.05, 4.69) is 28.1 Å². The number of carbonyl (C=O) groups is 2. The second-order valence-corrected chi connectivity index (χ2v) is 12.3. The number of fused-ring (bicyclic) bond motifs is 2. The Morgan fingerprint density at radius 3 is 2.47 bits per heavy atom.